The molecule has 1 saturated heterocycles. The van der Waals surface area contributed by atoms with E-state index in [-0.39, 0.29) is 6.04 Å². The number of hydrogen-bond donors (Lipinski definition) is 1. The average Bonchev–Trinajstić information content (AvgIpc) is 2.39. The van der Waals surface area contributed by atoms with Gasteiger partial charge in [-0.3, -0.25) is 0 Å². The summed E-state index contributed by atoms with van der Waals surface area (Å²) in [5, 5.41) is 17.2. The molecule has 1 N–H and O–H groups in total. The predicted octanol–water partition coefficient (Wildman–Crippen LogP) is 1.71. The van der Waals surface area contributed by atoms with Crippen molar-refractivity contribution in [2.24, 2.45) is 0 Å². The molecule has 2 rings (SSSR count). The lowest BCUT2D eigenvalue weighted by Crippen LogP contribution is -2.48. The molecule has 0 aliphatic carbocycles. The van der Waals surface area contributed by atoms with Crippen molar-refractivity contribution >= 4 is 23.5 Å². The quantitative estimate of drug-likeness (QED) is 0.886. The summed E-state index contributed by atoms with van der Waals surface area (Å²) in [4.78, 5) is 14.4. The van der Waals surface area contributed by atoms with E-state index >= 15 is 0 Å². The van der Waals surface area contributed by atoms with E-state index in [9.17, 15) is 4.79 Å². The number of hydrogen-bond acceptors (Lipinski definition) is 4. The summed E-state index contributed by atoms with van der Waals surface area (Å²) >= 11 is 5.69. The van der Waals surface area contributed by atoms with Crippen molar-refractivity contribution in [3.63, 3.8) is 0 Å². The number of carbonyl (C=O) groups is 1. The second-order valence-electron chi connectivity index (χ2n) is 4.35. The molecule has 0 saturated carbocycles. The van der Waals surface area contributed by atoms with Crippen LogP contribution in [0.2, 0.25) is 5.15 Å². The molecule has 1 unspecified atom stereocenters. The smallest absolute Gasteiger partial charge is 0.407 e. The van der Waals surface area contributed by atoms with Gasteiger partial charge in [0.05, 0.1) is 0 Å². The van der Waals surface area contributed by atoms with Crippen molar-refractivity contribution in [1.29, 1.82) is 0 Å². The van der Waals surface area contributed by atoms with E-state index in [1.807, 2.05) is 11.9 Å². The highest BCUT2D eigenvalue weighted by Gasteiger charge is 2.26. The van der Waals surface area contributed by atoms with Crippen molar-refractivity contribution in [3.8, 4) is 0 Å². The highest BCUT2D eigenvalue weighted by atomic mass is 35.5. The molecule has 1 amide bonds. The van der Waals surface area contributed by atoms with Crippen LogP contribution in [0.15, 0.2) is 12.1 Å². The zero-order chi connectivity index (χ0) is 13.1. The minimum atomic E-state index is -0.865. The number of nitrogens with zero attached hydrogens (tertiary/aromatic N) is 4. The fourth-order valence-corrected chi connectivity index (χ4v) is 2.23. The van der Waals surface area contributed by atoms with Crippen molar-refractivity contribution in [2.75, 3.05) is 25.0 Å². The summed E-state index contributed by atoms with van der Waals surface area (Å²) in [5.41, 5.74) is 0. The third-order valence-electron chi connectivity index (χ3n) is 3.19. The van der Waals surface area contributed by atoms with Crippen LogP contribution in [0.5, 0.6) is 0 Å². The first-order valence-corrected chi connectivity index (χ1v) is 6.15. The number of rotatable bonds is 2. The molecule has 1 aliphatic rings. The maximum absolute atomic E-state index is 11.0. The summed E-state index contributed by atoms with van der Waals surface area (Å²) in [6, 6.07) is 3.60. The molecule has 7 heteroatoms. The van der Waals surface area contributed by atoms with E-state index in [2.05, 4.69) is 10.2 Å². The molecule has 1 aliphatic heterocycles. The van der Waals surface area contributed by atoms with Crippen LogP contribution in [-0.2, 0) is 0 Å². The molecule has 2 heterocycles. The Morgan fingerprint density at radius 1 is 1.56 bits per heavy atom. The van der Waals surface area contributed by atoms with Crippen LogP contribution in [0.1, 0.15) is 12.8 Å². The second-order valence-corrected chi connectivity index (χ2v) is 4.74. The van der Waals surface area contributed by atoms with Crippen LogP contribution in [-0.4, -0.2) is 52.5 Å². The Balaban J connectivity index is 2.06. The fraction of sp³-hybridized carbons (Fsp3) is 0.545. The zero-order valence-corrected chi connectivity index (χ0v) is 10.8. The molecule has 6 nitrogen and oxygen atoms in total. The third-order valence-corrected chi connectivity index (χ3v) is 3.40. The SMILES string of the molecule is CN(c1ccc(Cl)nn1)C1CCCN(C(=O)O)C1. The minimum absolute atomic E-state index is 0.130. The molecule has 0 bridgehead atoms. The fourth-order valence-electron chi connectivity index (χ4n) is 2.13. The topological polar surface area (TPSA) is 69.6 Å². The van der Waals surface area contributed by atoms with Gasteiger partial charge >= 0.3 is 6.09 Å². The first kappa shape index (κ1) is 12.9. The Labute approximate surface area is 110 Å². The van der Waals surface area contributed by atoms with Gasteiger partial charge in [-0.1, -0.05) is 11.6 Å². The zero-order valence-electron chi connectivity index (χ0n) is 10.1. The first-order chi connectivity index (χ1) is 8.58. The van der Waals surface area contributed by atoms with Gasteiger partial charge in [0.25, 0.3) is 0 Å². The molecule has 0 aromatic carbocycles. The number of piperidine rings is 1. The van der Waals surface area contributed by atoms with Gasteiger partial charge in [-0.2, -0.15) is 0 Å². The lowest BCUT2D eigenvalue weighted by Gasteiger charge is -2.36. The molecule has 1 atom stereocenters. The first-order valence-electron chi connectivity index (χ1n) is 5.78. The monoisotopic (exact) mass is 270 g/mol. The summed E-state index contributed by atoms with van der Waals surface area (Å²) in [5.74, 6) is 0.705. The van der Waals surface area contributed by atoms with Gasteiger partial charge in [0.2, 0.25) is 0 Å². The Hall–Kier alpha value is -1.56. The van der Waals surface area contributed by atoms with Crippen molar-refractivity contribution in [3.05, 3.63) is 17.3 Å². The predicted molar refractivity (Wildman–Crippen MR) is 68.1 cm³/mol. The lowest BCUT2D eigenvalue weighted by atomic mass is 10.1. The largest absolute Gasteiger partial charge is 0.465 e. The Morgan fingerprint density at radius 2 is 2.33 bits per heavy atom. The number of amides is 1. The highest BCUT2D eigenvalue weighted by molar-refractivity contribution is 6.29. The van der Waals surface area contributed by atoms with Gasteiger partial charge in [-0.05, 0) is 25.0 Å². The van der Waals surface area contributed by atoms with Crippen molar-refractivity contribution < 1.29 is 9.90 Å². The normalized spacial score (nSPS) is 19.7. The van der Waals surface area contributed by atoms with Crippen molar-refractivity contribution in [1.82, 2.24) is 15.1 Å². The number of likely N-dealkylation sites (N-methyl/N-ethyl adjacent to an activating group) is 1. The number of anilines is 1. The molecular formula is C11H15ClN4O2. The van der Waals surface area contributed by atoms with E-state index in [0.717, 1.165) is 12.8 Å². The molecule has 98 valence electrons. The molecule has 0 spiro atoms. The van der Waals surface area contributed by atoms with Gasteiger partial charge in [-0.25, -0.2) is 4.79 Å². The number of aromatic nitrogens is 2. The maximum Gasteiger partial charge on any atom is 0.407 e. The third kappa shape index (κ3) is 2.81. The standard InChI is InChI=1S/C11H15ClN4O2/c1-15(10-5-4-9(12)13-14-10)8-3-2-6-16(7-8)11(17)18/h4-5,8H,2-3,6-7H2,1H3,(H,17,18). The molecule has 1 aromatic rings. The van der Waals surface area contributed by atoms with E-state index < -0.39 is 6.09 Å². The van der Waals surface area contributed by atoms with Gasteiger partial charge in [0.15, 0.2) is 11.0 Å². The molecule has 1 fully saturated rings. The van der Waals surface area contributed by atoms with Gasteiger partial charge in [0, 0.05) is 26.2 Å². The molecule has 0 radical (unpaired) electrons. The van der Waals surface area contributed by atoms with Crippen LogP contribution in [0.25, 0.3) is 0 Å². The molecular weight excluding hydrogens is 256 g/mol. The minimum Gasteiger partial charge on any atom is -0.465 e. The van der Waals surface area contributed by atoms with Crippen molar-refractivity contribution in [2.45, 2.75) is 18.9 Å². The molecule has 1 aromatic heterocycles. The van der Waals surface area contributed by atoms with Gasteiger partial charge < -0.3 is 14.9 Å². The highest BCUT2D eigenvalue weighted by Crippen LogP contribution is 2.20. The van der Waals surface area contributed by atoms with E-state index in [1.54, 1.807) is 12.1 Å². The van der Waals surface area contributed by atoms with Gasteiger partial charge in [-0.15, -0.1) is 10.2 Å². The number of carboxylic acid groups (broad SMARTS) is 1. The van der Waals surface area contributed by atoms with Crippen LogP contribution in [0.4, 0.5) is 10.6 Å². The Bertz CT molecular complexity index is 426. The summed E-state index contributed by atoms with van der Waals surface area (Å²) in [6.45, 7) is 1.10. The Morgan fingerprint density at radius 3 is 2.94 bits per heavy atom. The second kappa shape index (κ2) is 5.39. The van der Waals surface area contributed by atoms with Crippen LogP contribution >= 0.6 is 11.6 Å². The average molecular weight is 271 g/mol. The summed E-state index contributed by atoms with van der Waals surface area (Å²) in [6.07, 6.45) is 0.947. The summed E-state index contributed by atoms with van der Waals surface area (Å²) < 4.78 is 0. The van der Waals surface area contributed by atoms with E-state index in [1.165, 1.54) is 4.90 Å². The number of likely N-dealkylation sites (tertiary alicyclic amines) is 1. The van der Waals surface area contributed by atoms with Gasteiger partial charge in [0.1, 0.15) is 0 Å². The lowest BCUT2D eigenvalue weighted by molar-refractivity contribution is 0.130. The van der Waals surface area contributed by atoms with E-state index in [4.69, 9.17) is 16.7 Å². The van der Waals surface area contributed by atoms with Crippen LogP contribution in [0.3, 0.4) is 0 Å². The van der Waals surface area contributed by atoms with Crippen LogP contribution < -0.4 is 4.90 Å². The van der Waals surface area contributed by atoms with E-state index in [0.29, 0.717) is 24.1 Å². The summed E-state index contributed by atoms with van der Waals surface area (Å²) in [7, 11) is 1.90. The maximum atomic E-state index is 11.0. The molecule has 18 heavy (non-hydrogen) atoms. The Kier molecular flexibility index (Phi) is 3.86. The van der Waals surface area contributed by atoms with Crippen LogP contribution in [0, 0.1) is 0 Å². The number of halogens is 1.